The number of amides is 1. The minimum Gasteiger partial charge on any atom is -0.380 e. The van der Waals surface area contributed by atoms with Gasteiger partial charge < -0.3 is 10.6 Å². The number of hydrogen-bond acceptors (Lipinski definition) is 4. The summed E-state index contributed by atoms with van der Waals surface area (Å²) in [4.78, 5) is 16.7. The Balaban J connectivity index is 2.08. The van der Waals surface area contributed by atoms with Crippen molar-refractivity contribution in [1.29, 1.82) is 0 Å². The van der Waals surface area contributed by atoms with Crippen molar-refractivity contribution in [3.63, 3.8) is 0 Å². The quantitative estimate of drug-likeness (QED) is 0.888. The van der Waals surface area contributed by atoms with Crippen LogP contribution in [-0.4, -0.2) is 17.9 Å². The molecule has 2 rings (SSSR count). The third kappa shape index (κ3) is 2.87. The molecule has 2 N–H and O–H groups in total. The largest absolute Gasteiger partial charge is 0.380 e. The molecule has 5 heteroatoms. The van der Waals surface area contributed by atoms with Crippen LogP contribution in [0.3, 0.4) is 0 Å². The lowest BCUT2D eigenvalue weighted by Crippen LogP contribution is -2.17. The van der Waals surface area contributed by atoms with E-state index in [4.69, 9.17) is 0 Å². The van der Waals surface area contributed by atoms with Gasteiger partial charge in [0, 0.05) is 29.4 Å². The number of thiazole rings is 1. The van der Waals surface area contributed by atoms with Crippen LogP contribution in [0.5, 0.6) is 0 Å². The molecule has 94 valence electrons. The second kappa shape index (κ2) is 5.64. The molecule has 1 heterocycles. The third-order valence-electron chi connectivity index (χ3n) is 2.65. The second-order valence-electron chi connectivity index (χ2n) is 3.93. The van der Waals surface area contributed by atoms with E-state index in [9.17, 15) is 4.79 Å². The fraction of sp³-hybridized carbons (Fsp3) is 0.231. The smallest absolute Gasteiger partial charge is 0.251 e. The molecule has 1 amide bonds. The Morgan fingerprint density at radius 3 is 2.89 bits per heavy atom. The Kier molecular flexibility index (Phi) is 3.94. The molecule has 0 bridgehead atoms. The summed E-state index contributed by atoms with van der Waals surface area (Å²) in [6.45, 7) is 2.74. The molecule has 0 aliphatic heterocycles. The fourth-order valence-corrected chi connectivity index (χ4v) is 2.19. The van der Waals surface area contributed by atoms with Crippen LogP contribution < -0.4 is 10.6 Å². The lowest BCUT2D eigenvalue weighted by atomic mass is 10.1. The lowest BCUT2D eigenvalue weighted by molar-refractivity contribution is 0.0963. The van der Waals surface area contributed by atoms with Crippen LogP contribution in [0.1, 0.15) is 20.8 Å². The maximum Gasteiger partial charge on any atom is 0.251 e. The minimum absolute atomic E-state index is 0.0629. The van der Waals surface area contributed by atoms with Crippen LogP contribution >= 0.6 is 11.3 Å². The van der Waals surface area contributed by atoms with Crippen molar-refractivity contribution in [2.45, 2.75) is 13.5 Å². The van der Waals surface area contributed by atoms with Crippen molar-refractivity contribution in [3.8, 4) is 0 Å². The fourth-order valence-electron chi connectivity index (χ4n) is 1.66. The van der Waals surface area contributed by atoms with E-state index in [1.807, 2.05) is 36.8 Å². The molecule has 1 aromatic carbocycles. The zero-order chi connectivity index (χ0) is 13.0. The molecule has 0 saturated heterocycles. The number of carbonyl (C=O) groups excluding carboxylic acids is 1. The number of aromatic nitrogens is 1. The molecule has 0 spiro atoms. The number of rotatable bonds is 4. The van der Waals surface area contributed by atoms with Crippen LogP contribution in [0.2, 0.25) is 0 Å². The van der Waals surface area contributed by atoms with Crippen LogP contribution in [0.4, 0.5) is 5.69 Å². The van der Waals surface area contributed by atoms with Gasteiger partial charge in [-0.15, -0.1) is 11.3 Å². The number of benzene rings is 1. The van der Waals surface area contributed by atoms with E-state index in [0.29, 0.717) is 5.56 Å². The van der Waals surface area contributed by atoms with Crippen LogP contribution in [0.15, 0.2) is 29.9 Å². The number of nitrogens with zero attached hydrogens (tertiary/aromatic N) is 1. The molecule has 0 aliphatic rings. The first kappa shape index (κ1) is 12.6. The highest BCUT2D eigenvalue weighted by Crippen LogP contribution is 2.18. The van der Waals surface area contributed by atoms with Crippen LogP contribution in [0.25, 0.3) is 0 Å². The molecule has 0 fully saturated rings. The SMILES string of the molecule is CNC(=O)c1ccc(NCc2cncs2)c(C)c1. The first-order valence-electron chi connectivity index (χ1n) is 5.64. The highest BCUT2D eigenvalue weighted by Gasteiger charge is 2.05. The zero-order valence-corrected chi connectivity index (χ0v) is 11.2. The van der Waals surface area contributed by atoms with Gasteiger partial charge in [0.25, 0.3) is 5.91 Å². The molecular weight excluding hydrogens is 246 g/mol. The van der Waals surface area contributed by atoms with Crippen molar-refractivity contribution in [2.24, 2.45) is 0 Å². The van der Waals surface area contributed by atoms with E-state index in [2.05, 4.69) is 15.6 Å². The lowest BCUT2D eigenvalue weighted by Gasteiger charge is -2.09. The Bertz CT molecular complexity index is 537. The Morgan fingerprint density at radius 1 is 1.44 bits per heavy atom. The summed E-state index contributed by atoms with van der Waals surface area (Å²) in [5.41, 5.74) is 4.59. The van der Waals surface area contributed by atoms with E-state index in [0.717, 1.165) is 17.8 Å². The summed E-state index contributed by atoms with van der Waals surface area (Å²) in [6, 6.07) is 5.63. The monoisotopic (exact) mass is 261 g/mol. The van der Waals surface area contributed by atoms with E-state index >= 15 is 0 Å². The average Bonchev–Trinajstić information content (AvgIpc) is 2.89. The van der Waals surface area contributed by atoms with Gasteiger partial charge in [0.2, 0.25) is 0 Å². The van der Waals surface area contributed by atoms with Gasteiger partial charge in [-0.3, -0.25) is 9.78 Å². The predicted octanol–water partition coefficient (Wildman–Crippen LogP) is 2.42. The summed E-state index contributed by atoms with van der Waals surface area (Å²) < 4.78 is 0. The number of carbonyl (C=O) groups is 1. The minimum atomic E-state index is -0.0629. The highest BCUT2D eigenvalue weighted by molar-refractivity contribution is 7.09. The molecule has 0 atom stereocenters. The molecule has 0 unspecified atom stereocenters. The van der Waals surface area contributed by atoms with Gasteiger partial charge >= 0.3 is 0 Å². The molecule has 18 heavy (non-hydrogen) atoms. The number of nitrogens with one attached hydrogen (secondary N) is 2. The maximum atomic E-state index is 11.5. The summed E-state index contributed by atoms with van der Waals surface area (Å²) in [7, 11) is 1.63. The number of hydrogen-bond donors (Lipinski definition) is 2. The molecule has 2 aromatic rings. The zero-order valence-electron chi connectivity index (χ0n) is 10.4. The van der Waals surface area contributed by atoms with Crippen molar-refractivity contribution in [3.05, 3.63) is 45.9 Å². The standard InChI is InChI=1S/C13H15N3OS/c1-9-5-10(13(17)14-2)3-4-12(9)16-7-11-6-15-8-18-11/h3-6,8,16H,7H2,1-2H3,(H,14,17). The second-order valence-corrected chi connectivity index (χ2v) is 4.90. The first-order valence-corrected chi connectivity index (χ1v) is 6.52. The molecule has 1 aromatic heterocycles. The maximum absolute atomic E-state index is 11.5. The van der Waals surface area contributed by atoms with Crippen molar-refractivity contribution >= 4 is 22.9 Å². The predicted molar refractivity (Wildman–Crippen MR) is 74.0 cm³/mol. The van der Waals surface area contributed by atoms with E-state index in [-0.39, 0.29) is 5.91 Å². The Hall–Kier alpha value is -1.88. The Labute approximate surface area is 110 Å². The summed E-state index contributed by atoms with van der Waals surface area (Å²) in [5, 5.41) is 5.95. The molecule has 0 radical (unpaired) electrons. The van der Waals surface area contributed by atoms with Crippen molar-refractivity contribution in [1.82, 2.24) is 10.3 Å². The van der Waals surface area contributed by atoms with Gasteiger partial charge in [0.05, 0.1) is 12.1 Å². The van der Waals surface area contributed by atoms with Crippen LogP contribution in [-0.2, 0) is 6.54 Å². The molecule has 4 nitrogen and oxygen atoms in total. The van der Waals surface area contributed by atoms with E-state index in [1.54, 1.807) is 18.4 Å². The number of anilines is 1. The van der Waals surface area contributed by atoms with Gasteiger partial charge in [-0.25, -0.2) is 0 Å². The highest BCUT2D eigenvalue weighted by atomic mass is 32.1. The Morgan fingerprint density at radius 2 is 2.28 bits per heavy atom. The summed E-state index contributed by atoms with van der Waals surface area (Å²) in [5.74, 6) is -0.0629. The normalized spacial score (nSPS) is 10.1. The van der Waals surface area contributed by atoms with Gasteiger partial charge in [-0.2, -0.15) is 0 Å². The molecule has 0 saturated carbocycles. The topological polar surface area (TPSA) is 54.0 Å². The summed E-state index contributed by atoms with van der Waals surface area (Å²) >= 11 is 1.62. The molecular formula is C13H15N3OS. The van der Waals surface area contributed by atoms with Crippen molar-refractivity contribution in [2.75, 3.05) is 12.4 Å². The summed E-state index contributed by atoms with van der Waals surface area (Å²) in [6.07, 6.45) is 1.85. The van der Waals surface area contributed by atoms with Crippen molar-refractivity contribution < 1.29 is 4.79 Å². The number of aryl methyl sites for hydroxylation is 1. The van der Waals surface area contributed by atoms with Gasteiger partial charge in [-0.05, 0) is 30.7 Å². The first-order chi connectivity index (χ1) is 8.70. The average molecular weight is 261 g/mol. The van der Waals surface area contributed by atoms with Gasteiger partial charge in [0.1, 0.15) is 0 Å². The molecule has 0 aliphatic carbocycles. The van der Waals surface area contributed by atoms with E-state index < -0.39 is 0 Å². The van der Waals surface area contributed by atoms with Gasteiger partial charge in [-0.1, -0.05) is 0 Å². The third-order valence-corrected chi connectivity index (χ3v) is 3.43. The van der Waals surface area contributed by atoms with Gasteiger partial charge in [0.15, 0.2) is 0 Å². The van der Waals surface area contributed by atoms with E-state index in [1.165, 1.54) is 4.88 Å². The van der Waals surface area contributed by atoms with Crippen LogP contribution in [0, 0.1) is 6.92 Å².